The van der Waals surface area contributed by atoms with Gasteiger partial charge in [-0.05, 0) is 6.42 Å². The van der Waals surface area contributed by atoms with Gasteiger partial charge in [-0.25, -0.2) is 0 Å². The molecule has 2 heterocycles. The second-order valence-corrected chi connectivity index (χ2v) is 17.0. The number of nitrogens with one attached hydrogen (secondary N) is 4. The molecule has 4 N–H and O–H groups in total. The van der Waals surface area contributed by atoms with Gasteiger partial charge in [0.1, 0.15) is 37.6 Å². The molecule has 0 radical (unpaired) electrons. The quantitative estimate of drug-likeness (QED) is 0.0336. The summed E-state index contributed by atoms with van der Waals surface area (Å²) in [5.74, 6) is -4.02. The van der Waals surface area contributed by atoms with Gasteiger partial charge in [0.15, 0.2) is 12.6 Å². The SMILES string of the molecule is CC(=O)N[C@@H]1C(OCCOCCOCCNC(=O)CCOCCCOCCC(=O)NCCOCCOCCOC2OC(COC(C)=O)[C@H](OC(C)=O)[C@H](C)[C@@H]2NC(C)=O)OC(COC(C)=O)[C@H](OC(C)=O)[C@@H]1C. The lowest BCUT2D eigenvalue weighted by Gasteiger charge is -2.44. The van der Waals surface area contributed by atoms with E-state index in [-0.39, 0.29) is 129 Å². The zero-order chi connectivity index (χ0) is 54.0. The summed E-state index contributed by atoms with van der Waals surface area (Å²) in [7, 11) is 0. The minimum Gasteiger partial charge on any atom is -0.463 e. The van der Waals surface area contributed by atoms with Crippen LogP contribution < -0.4 is 21.3 Å². The molecule has 0 aromatic heterocycles. The number of hydrogen-bond acceptors (Lipinski definition) is 22. The second-order valence-electron chi connectivity index (χ2n) is 17.0. The maximum atomic E-state index is 12.1. The Morgan fingerprint density at radius 2 is 0.767 bits per heavy atom. The first-order valence-electron chi connectivity index (χ1n) is 24.6. The molecular formula is C47H80N4O22. The monoisotopic (exact) mass is 1050 g/mol. The Hall–Kier alpha value is -4.64. The fraction of sp³-hybridized carbons (Fsp3) is 0.830. The van der Waals surface area contributed by atoms with Crippen molar-refractivity contribution in [3.05, 3.63) is 0 Å². The number of ether oxygens (including phenoxy) is 14. The largest absolute Gasteiger partial charge is 0.463 e. The van der Waals surface area contributed by atoms with E-state index in [2.05, 4.69) is 21.3 Å². The number of carbonyl (C=O) groups excluding carboxylic acids is 8. The third-order valence-electron chi connectivity index (χ3n) is 10.8. The van der Waals surface area contributed by atoms with Gasteiger partial charge in [-0.1, -0.05) is 13.8 Å². The summed E-state index contributed by atoms with van der Waals surface area (Å²) in [6.07, 6.45) is -4.11. The number of carbonyl (C=O) groups is 8. The van der Waals surface area contributed by atoms with Gasteiger partial charge in [-0.3, -0.25) is 38.4 Å². The van der Waals surface area contributed by atoms with E-state index in [1.165, 1.54) is 41.5 Å². The Balaban J connectivity index is 1.42. The van der Waals surface area contributed by atoms with Gasteiger partial charge >= 0.3 is 23.9 Å². The standard InChI is InChI=1S/C47H80N4O22/c1-30-42(50-32(3)52)46(72-38(28-68-34(5)54)44(30)70-36(7)56)66-26-24-64-22-20-62-18-12-48-40(58)10-16-60-14-9-15-61-17-11-41(59)49-13-19-63-21-23-65-25-27-67-47-43(51-33(4)53)31(2)45(71-37(8)57)39(73-47)29-69-35(6)55/h30-31,38-39,42-47H,9-29H2,1-8H3,(H,48,58)(H,49,59)(H,50,52)(H,51,53)/t30-,31-,38?,39?,42+,43+,44-,45-,46?,47?/m1/s1. The molecule has 0 bridgehead atoms. The highest BCUT2D eigenvalue weighted by atomic mass is 16.7. The molecule has 420 valence electrons. The molecule has 26 heteroatoms. The van der Waals surface area contributed by atoms with Crippen LogP contribution in [-0.4, -0.2) is 215 Å². The van der Waals surface area contributed by atoms with Gasteiger partial charge in [0, 0.05) is 92.5 Å². The van der Waals surface area contributed by atoms with Crippen molar-refractivity contribution in [1.82, 2.24) is 21.3 Å². The summed E-state index contributed by atoms with van der Waals surface area (Å²) in [6.45, 7) is 15.0. The number of hydrogen-bond donors (Lipinski definition) is 4. The zero-order valence-corrected chi connectivity index (χ0v) is 43.6. The molecule has 4 amide bonds. The molecule has 2 saturated heterocycles. The summed E-state index contributed by atoms with van der Waals surface area (Å²) in [4.78, 5) is 94.5. The van der Waals surface area contributed by atoms with Crippen molar-refractivity contribution >= 4 is 47.5 Å². The Bertz CT molecular complexity index is 1540. The van der Waals surface area contributed by atoms with Gasteiger partial charge in [0.25, 0.3) is 0 Å². The third-order valence-corrected chi connectivity index (χ3v) is 10.8. The third kappa shape index (κ3) is 29.1. The number of amides is 4. The zero-order valence-electron chi connectivity index (χ0n) is 43.6. The predicted octanol–water partition coefficient (Wildman–Crippen LogP) is -0.757. The number of rotatable bonds is 38. The lowest BCUT2D eigenvalue weighted by atomic mass is 9.88. The van der Waals surface area contributed by atoms with Crippen LogP contribution in [0.3, 0.4) is 0 Å². The van der Waals surface area contributed by atoms with Crippen molar-refractivity contribution in [1.29, 1.82) is 0 Å². The van der Waals surface area contributed by atoms with Crippen LogP contribution in [0.5, 0.6) is 0 Å². The Morgan fingerprint density at radius 1 is 0.425 bits per heavy atom. The molecule has 0 aromatic carbocycles. The van der Waals surface area contributed by atoms with Crippen LogP contribution in [0.25, 0.3) is 0 Å². The van der Waals surface area contributed by atoms with Crippen LogP contribution in [0.1, 0.15) is 74.7 Å². The van der Waals surface area contributed by atoms with Crippen LogP contribution in [0.15, 0.2) is 0 Å². The smallest absolute Gasteiger partial charge is 0.303 e. The maximum absolute atomic E-state index is 12.1. The normalized spacial score (nSPS) is 23.6. The van der Waals surface area contributed by atoms with E-state index in [0.717, 1.165) is 0 Å². The molecule has 2 rings (SSSR count). The second kappa shape index (κ2) is 38.0. The molecule has 10 atom stereocenters. The minimum absolute atomic E-state index is 0.107. The fourth-order valence-electron chi connectivity index (χ4n) is 7.41. The summed E-state index contributed by atoms with van der Waals surface area (Å²) in [5, 5.41) is 11.1. The van der Waals surface area contributed by atoms with Crippen molar-refractivity contribution in [3.63, 3.8) is 0 Å². The van der Waals surface area contributed by atoms with E-state index in [1.54, 1.807) is 13.8 Å². The van der Waals surface area contributed by atoms with Crippen molar-refractivity contribution in [2.75, 3.05) is 119 Å². The first-order chi connectivity index (χ1) is 34.9. The van der Waals surface area contributed by atoms with E-state index in [4.69, 9.17) is 66.3 Å². The fourth-order valence-corrected chi connectivity index (χ4v) is 7.41. The van der Waals surface area contributed by atoms with E-state index < -0.39 is 84.8 Å². The van der Waals surface area contributed by atoms with Gasteiger partial charge < -0.3 is 87.6 Å². The summed E-state index contributed by atoms with van der Waals surface area (Å²) in [5.41, 5.74) is 0. The average molecular weight is 1050 g/mol. The first-order valence-corrected chi connectivity index (χ1v) is 24.6. The van der Waals surface area contributed by atoms with Crippen LogP contribution in [-0.2, 0) is 105 Å². The molecule has 0 aliphatic carbocycles. The Morgan fingerprint density at radius 3 is 1.11 bits per heavy atom. The van der Waals surface area contributed by atoms with Gasteiger partial charge in [-0.15, -0.1) is 0 Å². The molecule has 0 saturated carbocycles. The first kappa shape index (κ1) is 64.5. The van der Waals surface area contributed by atoms with Crippen LogP contribution in [0, 0.1) is 11.8 Å². The summed E-state index contributed by atoms with van der Waals surface area (Å²) < 4.78 is 78.0. The van der Waals surface area contributed by atoms with Crippen molar-refractivity contribution in [3.8, 4) is 0 Å². The van der Waals surface area contributed by atoms with Gasteiger partial charge in [0.2, 0.25) is 23.6 Å². The van der Waals surface area contributed by atoms with E-state index in [0.29, 0.717) is 32.7 Å². The van der Waals surface area contributed by atoms with E-state index in [9.17, 15) is 38.4 Å². The Kier molecular flexibility index (Phi) is 33.6. The lowest BCUT2D eigenvalue weighted by molar-refractivity contribution is -0.264. The van der Waals surface area contributed by atoms with E-state index >= 15 is 0 Å². The van der Waals surface area contributed by atoms with Crippen LogP contribution in [0.4, 0.5) is 0 Å². The van der Waals surface area contributed by atoms with Gasteiger partial charge in [0.05, 0.1) is 91.4 Å². The highest BCUT2D eigenvalue weighted by Crippen LogP contribution is 2.31. The molecule has 2 aliphatic heterocycles. The highest BCUT2D eigenvalue weighted by molar-refractivity contribution is 5.76. The van der Waals surface area contributed by atoms with Crippen molar-refractivity contribution < 1.29 is 105 Å². The Labute approximate surface area is 427 Å². The molecular weight excluding hydrogens is 973 g/mol. The lowest BCUT2D eigenvalue weighted by Crippen LogP contribution is -2.62. The molecule has 2 fully saturated rings. The maximum Gasteiger partial charge on any atom is 0.303 e. The topological polar surface area (TPSA) is 314 Å². The molecule has 73 heavy (non-hydrogen) atoms. The highest BCUT2D eigenvalue weighted by Gasteiger charge is 2.48. The van der Waals surface area contributed by atoms with Crippen LogP contribution in [0.2, 0.25) is 0 Å². The molecule has 2 aliphatic rings. The molecule has 4 unspecified atom stereocenters. The molecule has 26 nitrogen and oxygen atoms in total. The number of esters is 4. The summed E-state index contributed by atoms with van der Waals surface area (Å²) in [6, 6.07) is -1.31. The molecule has 0 spiro atoms. The van der Waals surface area contributed by atoms with Crippen LogP contribution >= 0.6 is 0 Å². The van der Waals surface area contributed by atoms with Gasteiger partial charge in [-0.2, -0.15) is 0 Å². The minimum atomic E-state index is -0.926. The molecule has 0 aromatic rings. The van der Waals surface area contributed by atoms with E-state index in [1.807, 2.05) is 0 Å². The summed E-state index contributed by atoms with van der Waals surface area (Å²) >= 11 is 0. The average Bonchev–Trinajstić information content (AvgIpc) is 3.31. The predicted molar refractivity (Wildman–Crippen MR) is 252 cm³/mol. The van der Waals surface area contributed by atoms with Crippen molar-refractivity contribution in [2.24, 2.45) is 11.8 Å². The van der Waals surface area contributed by atoms with Crippen molar-refractivity contribution in [2.45, 2.75) is 124 Å².